The Bertz CT molecular complexity index is 429. The maximum Gasteiger partial charge on any atom is 0.142 e. The van der Waals surface area contributed by atoms with E-state index in [1.165, 1.54) is 12.1 Å². The monoisotopic (exact) mass is 266 g/mol. The van der Waals surface area contributed by atoms with Gasteiger partial charge in [0.05, 0.1) is 0 Å². The fourth-order valence-electron chi connectivity index (χ4n) is 1.77. The average Bonchev–Trinajstić information content (AvgIpc) is 2.18. The van der Waals surface area contributed by atoms with Crippen molar-refractivity contribution in [1.82, 2.24) is 0 Å². The van der Waals surface area contributed by atoms with Crippen LogP contribution in [0.4, 0.5) is 4.39 Å². The highest BCUT2D eigenvalue weighted by molar-refractivity contribution is 7.80. The van der Waals surface area contributed by atoms with Crippen LogP contribution in [0.2, 0.25) is 0 Å². The normalized spacial score (nSPS) is 11.3. The molecule has 1 rings (SSSR count). The summed E-state index contributed by atoms with van der Waals surface area (Å²) in [6, 6.07) is 6.02. The third-order valence-electron chi connectivity index (χ3n) is 2.44. The van der Waals surface area contributed by atoms with Gasteiger partial charge in [0.2, 0.25) is 0 Å². The minimum atomic E-state index is -0.283. The lowest BCUT2D eigenvalue weighted by Gasteiger charge is -2.18. The number of hydrogen-bond acceptors (Lipinski definition) is 2. The first-order chi connectivity index (χ1) is 8.26. The van der Waals surface area contributed by atoms with Gasteiger partial charge in [-0.05, 0) is 29.5 Å². The molecule has 0 unspecified atom stereocenters. The van der Waals surface area contributed by atoms with Crippen molar-refractivity contribution in [2.24, 2.45) is 5.41 Å². The summed E-state index contributed by atoms with van der Waals surface area (Å²) in [6.07, 6.45) is 1.44. The van der Waals surface area contributed by atoms with E-state index in [1.807, 2.05) is 0 Å². The van der Waals surface area contributed by atoms with Gasteiger partial charge in [0, 0.05) is 17.7 Å². The van der Waals surface area contributed by atoms with Gasteiger partial charge in [-0.15, -0.1) is 0 Å². The molecule has 0 saturated carbocycles. The lowest BCUT2D eigenvalue weighted by Crippen LogP contribution is -2.15. The highest BCUT2D eigenvalue weighted by atomic mass is 32.1. The maximum absolute atomic E-state index is 12.7. The first kappa shape index (κ1) is 15.0. The van der Waals surface area contributed by atoms with Crippen molar-refractivity contribution in [3.8, 4) is 0 Å². The predicted molar refractivity (Wildman–Crippen MR) is 76.4 cm³/mol. The number of thiocarbonyl (C=S) groups is 1. The van der Waals surface area contributed by atoms with E-state index in [4.69, 9.17) is 12.2 Å². The zero-order valence-electron chi connectivity index (χ0n) is 11.1. The van der Waals surface area contributed by atoms with Gasteiger partial charge < -0.3 is 0 Å². The third kappa shape index (κ3) is 6.01. The molecule has 0 amide bonds. The Kier molecular flexibility index (Phi) is 5.15. The number of halogens is 1. The molecule has 0 radical (unpaired) electrons. The van der Waals surface area contributed by atoms with Gasteiger partial charge in [-0.2, -0.15) is 0 Å². The summed E-state index contributed by atoms with van der Waals surface area (Å²) in [7, 11) is 0. The summed E-state index contributed by atoms with van der Waals surface area (Å²) in [5.74, 6) is -0.190. The lowest BCUT2D eigenvalue weighted by atomic mass is 9.89. The van der Waals surface area contributed by atoms with Crippen LogP contribution in [0.1, 0.15) is 39.2 Å². The zero-order valence-corrected chi connectivity index (χ0v) is 11.9. The minimum absolute atomic E-state index is 0.0934. The van der Waals surface area contributed by atoms with Crippen molar-refractivity contribution in [3.63, 3.8) is 0 Å². The molecule has 0 atom stereocenters. The third-order valence-corrected chi connectivity index (χ3v) is 2.73. The zero-order chi connectivity index (χ0) is 13.8. The van der Waals surface area contributed by atoms with E-state index in [0.29, 0.717) is 12.8 Å². The quantitative estimate of drug-likeness (QED) is 0.745. The van der Waals surface area contributed by atoms with E-state index in [1.54, 1.807) is 12.1 Å². The van der Waals surface area contributed by atoms with Gasteiger partial charge in [0.25, 0.3) is 0 Å². The number of benzene rings is 1. The van der Waals surface area contributed by atoms with Crippen LogP contribution in [-0.2, 0) is 11.2 Å². The summed E-state index contributed by atoms with van der Waals surface area (Å²) in [5, 5.41) is 0. The van der Waals surface area contributed by atoms with Crippen LogP contribution in [0.15, 0.2) is 24.3 Å². The SMILES string of the molecule is CC(C)(C)CC(=S)CC(=O)Cc1ccc(F)cc1. The van der Waals surface area contributed by atoms with Gasteiger partial charge in [0.1, 0.15) is 11.6 Å². The van der Waals surface area contributed by atoms with E-state index < -0.39 is 0 Å². The summed E-state index contributed by atoms with van der Waals surface area (Å²) in [6.45, 7) is 6.30. The molecule has 98 valence electrons. The molecule has 0 heterocycles. The number of Topliss-reactive ketones (excluding diaryl/α,β-unsaturated/α-hetero) is 1. The molecule has 0 aliphatic rings. The Morgan fingerprint density at radius 2 is 1.78 bits per heavy atom. The fraction of sp³-hybridized carbons (Fsp3) is 0.467. The van der Waals surface area contributed by atoms with Gasteiger partial charge in [-0.1, -0.05) is 45.1 Å². The topological polar surface area (TPSA) is 17.1 Å². The smallest absolute Gasteiger partial charge is 0.142 e. The first-order valence-electron chi connectivity index (χ1n) is 6.04. The highest BCUT2D eigenvalue weighted by Crippen LogP contribution is 2.20. The minimum Gasteiger partial charge on any atom is -0.299 e. The molecule has 3 heteroatoms. The molecular weight excluding hydrogens is 247 g/mol. The van der Waals surface area contributed by atoms with Gasteiger partial charge in [-0.25, -0.2) is 4.39 Å². The molecule has 1 aromatic carbocycles. The Balaban J connectivity index is 2.47. The van der Waals surface area contributed by atoms with Crippen molar-refractivity contribution in [3.05, 3.63) is 35.6 Å². The fourth-order valence-corrected chi connectivity index (χ4v) is 2.36. The van der Waals surface area contributed by atoms with Crippen LogP contribution < -0.4 is 0 Å². The van der Waals surface area contributed by atoms with Crippen LogP contribution in [0.5, 0.6) is 0 Å². The standard InChI is InChI=1S/C15H19FOS/c1-15(2,3)10-14(18)9-13(17)8-11-4-6-12(16)7-5-11/h4-7H,8-10H2,1-3H3. The summed E-state index contributed by atoms with van der Waals surface area (Å²) >= 11 is 5.23. The summed E-state index contributed by atoms with van der Waals surface area (Å²) < 4.78 is 12.7. The molecule has 1 aromatic rings. The van der Waals surface area contributed by atoms with Crippen LogP contribution in [0, 0.1) is 11.2 Å². The molecule has 0 saturated heterocycles. The van der Waals surface area contributed by atoms with Crippen LogP contribution >= 0.6 is 12.2 Å². The molecule has 18 heavy (non-hydrogen) atoms. The summed E-state index contributed by atoms with van der Waals surface area (Å²) in [4.78, 5) is 12.6. The Morgan fingerprint density at radius 1 is 1.22 bits per heavy atom. The molecule has 0 spiro atoms. The largest absolute Gasteiger partial charge is 0.299 e. The molecular formula is C15H19FOS. The molecule has 0 aromatic heterocycles. The number of carbonyl (C=O) groups excluding carboxylic acids is 1. The van der Waals surface area contributed by atoms with E-state index in [0.717, 1.165) is 16.8 Å². The predicted octanol–water partition coefficient (Wildman–Crippen LogP) is 4.13. The first-order valence-corrected chi connectivity index (χ1v) is 6.45. The van der Waals surface area contributed by atoms with E-state index in [2.05, 4.69) is 20.8 Å². The highest BCUT2D eigenvalue weighted by Gasteiger charge is 2.15. The second kappa shape index (κ2) is 6.19. The molecule has 1 nitrogen and oxygen atoms in total. The molecule has 0 aliphatic heterocycles. The molecule has 0 bridgehead atoms. The number of ketones is 1. The second-order valence-electron chi connectivity index (χ2n) is 5.79. The lowest BCUT2D eigenvalue weighted by molar-refractivity contribution is -0.117. The van der Waals surface area contributed by atoms with Crippen molar-refractivity contribution < 1.29 is 9.18 Å². The average molecular weight is 266 g/mol. The Hall–Kier alpha value is -1.09. The number of carbonyl (C=O) groups is 1. The number of rotatable bonds is 5. The van der Waals surface area contributed by atoms with Gasteiger partial charge >= 0.3 is 0 Å². The summed E-state index contributed by atoms with van der Waals surface area (Å²) in [5.41, 5.74) is 0.952. The molecule has 0 fully saturated rings. The van der Waals surface area contributed by atoms with Crippen LogP contribution in [0.3, 0.4) is 0 Å². The van der Waals surface area contributed by atoms with Gasteiger partial charge in [-0.3, -0.25) is 4.79 Å². The van der Waals surface area contributed by atoms with Crippen LogP contribution in [0.25, 0.3) is 0 Å². The van der Waals surface area contributed by atoms with Crippen molar-refractivity contribution >= 4 is 22.9 Å². The maximum atomic E-state index is 12.7. The molecule has 0 aliphatic carbocycles. The Morgan fingerprint density at radius 3 is 2.28 bits per heavy atom. The van der Waals surface area contributed by atoms with Crippen molar-refractivity contribution in [2.75, 3.05) is 0 Å². The molecule has 0 N–H and O–H groups in total. The van der Waals surface area contributed by atoms with Gasteiger partial charge in [0.15, 0.2) is 0 Å². The van der Waals surface area contributed by atoms with E-state index in [-0.39, 0.29) is 17.0 Å². The van der Waals surface area contributed by atoms with E-state index in [9.17, 15) is 9.18 Å². The Labute approximate surface area is 113 Å². The van der Waals surface area contributed by atoms with Crippen LogP contribution in [-0.4, -0.2) is 10.6 Å². The van der Waals surface area contributed by atoms with Crippen molar-refractivity contribution in [1.29, 1.82) is 0 Å². The second-order valence-corrected chi connectivity index (χ2v) is 6.37. The van der Waals surface area contributed by atoms with Crippen molar-refractivity contribution in [2.45, 2.75) is 40.0 Å². The number of hydrogen-bond donors (Lipinski definition) is 0. The van der Waals surface area contributed by atoms with E-state index >= 15 is 0 Å².